The lowest BCUT2D eigenvalue weighted by Crippen LogP contribution is -2.37. The fraction of sp³-hybridized carbons (Fsp3) is 0.533. The van der Waals surface area contributed by atoms with E-state index >= 15 is 0 Å². The molecule has 0 bridgehead atoms. The molecule has 0 saturated carbocycles. The second-order valence-corrected chi connectivity index (χ2v) is 5.19. The maximum Gasteiger partial charge on any atom is 0.306 e. The highest BCUT2D eigenvalue weighted by molar-refractivity contribution is 5.70. The number of likely N-dealkylation sites (tertiary alicyclic amines) is 1. The van der Waals surface area contributed by atoms with Gasteiger partial charge in [0.15, 0.2) is 0 Å². The SMILES string of the molecule is Cc1ccc(CCN2CCC(C(=O)O)CC2)cc1. The van der Waals surface area contributed by atoms with E-state index in [-0.39, 0.29) is 5.92 Å². The molecule has 1 aromatic rings. The predicted octanol–water partition coefficient (Wildman–Crippen LogP) is 2.33. The van der Waals surface area contributed by atoms with Gasteiger partial charge in [-0.3, -0.25) is 4.79 Å². The van der Waals surface area contributed by atoms with Gasteiger partial charge in [-0.05, 0) is 44.8 Å². The summed E-state index contributed by atoms with van der Waals surface area (Å²) in [5, 5.41) is 8.94. The van der Waals surface area contributed by atoms with E-state index in [4.69, 9.17) is 5.11 Å². The minimum atomic E-state index is -0.631. The Morgan fingerprint density at radius 2 is 1.89 bits per heavy atom. The zero-order valence-corrected chi connectivity index (χ0v) is 10.9. The Hall–Kier alpha value is -1.35. The number of rotatable bonds is 4. The summed E-state index contributed by atoms with van der Waals surface area (Å²) < 4.78 is 0. The molecule has 1 N–H and O–H groups in total. The summed E-state index contributed by atoms with van der Waals surface area (Å²) >= 11 is 0. The lowest BCUT2D eigenvalue weighted by Gasteiger charge is -2.29. The van der Waals surface area contributed by atoms with Crippen LogP contribution in [-0.4, -0.2) is 35.6 Å². The molecule has 0 radical (unpaired) electrons. The largest absolute Gasteiger partial charge is 0.481 e. The summed E-state index contributed by atoms with van der Waals surface area (Å²) in [6.45, 7) is 4.97. The molecule has 0 spiro atoms. The van der Waals surface area contributed by atoms with Crippen LogP contribution in [0.5, 0.6) is 0 Å². The molecule has 1 fully saturated rings. The zero-order valence-electron chi connectivity index (χ0n) is 10.9. The average Bonchev–Trinajstić information content (AvgIpc) is 2.38. The van der Waals surface area contributed by atoms with Gasteiger partial charge in [0.25, 0.3) is 0 Å². The fourth-order valence-electron chi connectivity index (χ4n) is 2.45. The van der Waals surface area contributed by atoms with Crippen molar-refractivity contribution >= 4 is 5.97 Å². The summed E-state index contributed by atoms with van der Waals surface area (Å²) in [5.41, 5.74) is 2.65. The number of piperidine rings is 1. The third kappa shape index (κ3) is 3.57. The Balaban J connectivity index is 1.75. The Morgan fingerprint density at radius 3 is 2.44 bits per heavy atom. The Morgan fingerprint density at radius 1 is 1.28 bits per heavy atom. The van der Waals surface area contributed by atoms with E-state index in [1.54, 1.807) is 0 Å². The highest BCUT2D eigenvalue weighted by Crippen LogP contribution is 2.17. The molecular formula is C15H21NO2. The third-order valence-corrected chi connectivity index (χ3v) is 3.77. The van der Waals surface area contributed by atoms with Crippen LogP contribution in [0.25, 0.3) is 0 Å². The molecular weight excluding hydrogens is 226 g/mol. The van der Waals surface area contributed by atoms with Crippen molar-refractivity contribution < 1.29 is 9.90 Å². The van der Waals surface area contributed by atoms with Crippen LogP contribution >= 0.6 is 0 Å². The summed E-state index contributed by atoms with van der Waals surface area (Å²) in [4.78, 5) is 13.2. The number of nitrogens with zero attached hydrogens (tertiary/aromatic N) is 1. The summed E-state index contributed by atoms with van der Waals surface area (Å²) in [7, 11) is 0. The van der Waals surface area contributed by atoms with Gasteiger partial charge in [-0.15, -0.1) is 0 Å². The van der Waals surface area contributed by atoms with Crippen LogP contribution in [-0.2, 0) is 11.2 Å². The first-order chi connectivity index (χ1) is 8.65. The van der Waals surface area contributed by atoms with Crippen LogP contribution in [0.2, 0.25) is 0 Å². The monoisotopic (exact) mass is 247 g/mol. The standard InChI is InChI=1S/C15H21NO2/c1-12-2-4-13(5-3-12)6-9-16-10-7-14(8-11-16)15(17)18/h2-5,14H,6-11H2,1H3,(H,17,18). The van der Waals surface area contributed by atoms with Gasteiger partial charge in [-0.2, -0.15) is 0 Å². The molecule has 18 heavy (non-hydrogen) atoms. The van der Waals surface area contributed by atoms with Crippen LogP contribution in [0.1, 0.15) is 24.0 Å². The second kappa shape index (κ2) is 6.01. The van der Waals surface area contributed by atoms with Crippen molar-refractivity contribution in [3.05, 3.63) is 35.4 Å². The van der Waals surface area contributed by atoms with Gasteiger partial charge in [-0.1, -0.05) is 29.8 Å². The molecule has 0 aliphatic carbocycles. The molecule has 1 heterocycles. The fourth-order valence-corrected chi connectivity index (χ4v) is 2.45. The van der Waals surface area contributed by atoms with E-state index in [9.17, 15) is 4.79 Å². The minimum absolute atomic E-state index is 0.124. The first kappa shape index (κ1) is 13.1. The Kier molecular flexibility index (Phi) is 4.37. The van der Waals surface area contributed by atoms with Crippen molar-refractivity contribution in [2.45, 2.75) is 26.2 Å². The number of benzene rings is 1. The van der Waals surface area contributed by atoms with Crippen molar-refractivity contribution in [3.63, 3.8) is 0 Å². The summed E-state index contributed by atoms with van der Waals surface area (Å²) in [6, 6.07) is 8.65. The number of hydrogen-bond acceptors (Lipinski definition) is 2. The molecule has 3 heteroatoms. The van der Waals surface area contributed by atoms with E-state index in [2.05, 4.69) is 36.1 Å². The first-order valence-electron chi connectivity index (χ1n) is 6.66. The molecule has 0 amide bonds. The Labute approximate surface area is 108 Å². The number of carboxylic acids is 1. The summed E-state index contributed by atoms with van der Waals surface area (Å²) in [6.07, 6.45) is 2.64. The van der Waals surface area contributed by atoms with Crippen molar-refractivity contribution in [2.24, 2.45) is 5.92 Å². The van der Waals surface area contributed by atoms with Gasteiger partial charge in [0.05, 0.1) is 5.92 Å². The van der Waals surface area contributed by atoms with Crippen molar-refractivity contribution in [1.29, 1.82) is 0 Å². The van der Waals surface area contributed by atoms with Gasteiger partial charge in [0.1, 0.15) is 0 Å². The molecule has 98 valence electrons. The number of aryl methyl sites for hydroxylation is 1. The average molecular weight is 247 g/mol. The minimum Gasteiger partial charge on any atom is -0.481 e. The lowest BCUT2D eigenvalue weighted by atomic mass is 9.97. The first-order valence-corrected chi connectivity index (χ1v) is 6.66. The van der Waals surface area contributed by atoms with Gasteiger partial charge in [-0.25, -0.2) is 0 Å². The number of carboxylic acid groups (broad SMARTS) is 1. The molecule has 0 atom stereocenters. The van der Waals surface area contributed by atoms with Crippen molar-refractivity contribution in [3.8, 4) is 0 Å². The van der Waals surface area contributed by atoms with Crippen LogP contribution in [0, 0.1) is 12.8 Å². The molecule has 1 aliphatic heterocycles. The van der Waals surface area contributed by atoms with Crippen molar-refractivity contribution in [2.75, 3.05) is 19.6 Å². The molecule has 1 aromatic carbocycles. The van der Waals surface area contributed by atoms with Crippen molar-refractivity contribution in [1.82, 2.24) is 4.90 Å². The van der Waals surface area contributed by atoms with Gasteiger partial charge < -0.3 is 10.0 Å². The van der Waals surface area contributed by atoms with Crippen LogP contribution in [0.3, 0.4) is 0 Å². The van der Waals surface area contributed by atoms with E-state index in [0.717, 1.165) is 38.9 Å². The summed E-state index contributed by atoms with van der Waals surface area (Å²) in [5.74, 6) is -0.756. The van der Waals surface area contributed by atoms with E-state index in [1.165, 1.54) is 11.1 Å². The smallest absolute Gasteiger partial charge is 0.306 e. The molecule has 0 aromatic heterocycles. The van der Waals surface area contributed by atoms with Crippen LogP contribution < -0.4 is 0 Å². The maximum absolute atomic E-state index is 10.9. The molecule has 2 rings (SSSR count). The highest BCUT2D eigenvalue weighted by atomic mass is 16.4. The number of hydrogen-bond donors (Lipinski definition) is 1. The van der Waals surface area contributed by atoms with E-state index in [1.807, 2.05) is 0 Å². The second-order valence-electron chi connectivity index (χ2n) is 5.19. The molecule has 3 nitrogen and oxygen atoms in total. The van der Waals surface area contributed by atoms with Gasteiger partial charge in [0, 0.05) is 6.54 Å². The number of carbonyl (C=O) groups is 1. The van der Waals surface area contributed by atoms with E-state index in [0.29, 0.717) is 0 Å². The van der Waals surface area contributed by atoms with Crippen LogP contribution in [0.4, 0.5) is 0 Å². The predicted molar refractivity (Wildman–Crippen MR) is 71.7 cm³/mol. The normalized spacial score (nSPS) is 17.8. The highest BCUT2D eigenvalue weighted by Gasteiger charge is 2.23. The third-order valence-electron chi connectivity index (χ3n) is 3.77. The van der Waals surface area contributed by atoms with Crippen LogP contribution in [0.15, 0.2) is 24.3 Å². The lowest BCUT2D eigenvalue weighted by molar-refractivity contribution is -0.143. The van der Waals surface area contributed by atoms with E-state index < -0.39 is 5.97 Å². The molecule has 0 unspecified atom stereocenters. The molecule has 1 saturated heterocycles. The maximum atomic E-state index is 10.9. The quantitative estimate of drug-likeness (QED) is 0.887. The Bertz CT molecular complexity index is 391. The topological polar surface area (TPSA) is 40.5 Å². The van der Waals surface area contributed by atoms with Gasteiger partial charge >= 0.3 is 5.97 Å². The zero-order chi connectivity index (χ0) is 13.0. The number of aliphatic carboxylic acids is 1. The molecule has 1 aliphatic rings. The van der Waals surface area contributed by atoms with Gasteiger partial charge in [0.2, 0.25) is 0 Å².